The Morgan fingerprint density at radius 1 is 1.35 bits per heavy atom. The minimum Gasteiger partial charge on any atom is -0.386 e. The lowest BCUT2D eigenvalue weighted by Crippen LogP contribution is -2.11. The number of aliphatic hydroxyl groups excluding tert-OH is 1. The molecular weight excluding hydrogens is 292 g/mol. The number of hydrogen-bond donors (Lipinski definition) is 1. The Kier molecular flexibility index (Phi) is 5.52. The van der Waals surface area contributed by atoms with Gasteiger partial charge in [0.2, 0.25) is 0 Å². The van der Waals surface area contributed by atoms with Crippen molar-refractivity contribution in [3.05, 3.63) is 46.7 Å². The molecule has 0 amide bonds. The van der Waals surface area contributed by atoms with Gasteiger partial charge in [0.05, 0.1) is 16.9 Å². The topological polar surface area (TPSA) is 38.0 Å². The Morgan fingerprint density at radius 3 is 2.70 bits per heavy atom. The molecule has 1 aromatic carbocycles. The third kappa shape index (κ3) is 3.78. The van der Waals surface area contributed by atoms with E-state index >= 15 is 0 Å². The van der Waals surface area contributed by atoms with Crippen LogP contribution in [0.25, 0.3) is 0 Å². The molecule has 1 N–H and O–H groups in total. The minimum absolute atomic E-state index is 0.537. The number of rotatable bonds is 6. The lowest BCUT2D eigenvalue weighted by molar-refractivity contribution is 0.191. The van der Waals surface area contributed by atoms with Crippen molar-refractivity contribution >= 4 is 23.4 Å². The number of thioether (sulfide) groups is 1. The van der Waals surface area contributed by atoms with Gasteiger partial charge in [-0.25, -0.2) is 0 Å². The van der Waals surface area contributed by atoms with Gasteiger partial charge >= 0.3 is 0 Å². The van der Waals surface area contributed by atoms with Gasteiger partial charge in [0, 0.05) is 17.2 Å². The maximum Gasteiger partial charge on any atom is 0.106 e. The van der Waals surface area contributed by atoms with Crippen LogP contribution in [-0.4, -0.2) is 20.6 Å². The van der Waals surface area contributed by atoms with Gasteiger partial charge in [-0.2, -0.15) is 5.10 Å². The van der Waals surface area contributed by atoms with Crippen molar-refractivity contribution in [2.45, 2.75) is 37.8 Å². The zero-order chi connectivity index (χ0) is 14.5. The molecule has 1 aromatic heterocycles. The highest BCUT2D eigenvalue weighted by molar-refractivity contribution is 7.99. The van der Waals surface area contributed by atoms with Gasteiger partial charge in [-0.1, -0.05) is 36.2 Å². The monoisotopic (exact) mass is 310 g/mol. The summed E-state index contributed by atoms with van der Waals surface area (Å²) >= 11 is 7.75. The molecule has 1 unspecified atom stereocenters. The molecule has 0 fully saturated rings. The molecular formula is C15H19ClN2OS. The zero-order valence-electron chi connectivity index (χ0n) is 11.7. The van der Waals surface area contributed by atoms with Gasteiger partial charge in [0.15, 0.2) is 0 Å². The molecule has 2 aromatic rings. The van der Waals surface area contributed by atoms with E-state index in [2.05, 4.69) is 43.2 Å². The Hall–Kier alpha value is -0.970. The molecule has 0 spiro atoms. The van der Waals surface area contributed by atoms with Crippen LogP contribution >= 0.6 is 23.4 Å². The van der Waals surface area contributed by atoms with Gasteiger partial charge in [-0.15, -0.1) is 11.8 Å². The normalized spacial score (nSPS) is 12.6. The van der Waals surface area contributed by atoms with Crippen molar-refractivity contribution in [2.24, 2.45) is 0 Å². The average Bonchev–Trinajstić information content (AvgIpc) is 2.79. The molecule has 0 aliphatic rings. The number of aliphatic hydroxyl groups is 1. The van der Waals surface area contributed by atoms with Gasteiger partial charge in [-0.05, 0) is 25.5 Å². The van der Waals surface area contributed by atoms with Gasteiger partial charge < -0.3 is 5.11 Å². The fraction of sp³-hybridized carbons (Fsp3) is 0.400. The molecule has 5 heteroatoms. The lowest BCUT2D eigenvalue weighted by Gasteiger charge is -2.13. The second kappa shape index (κ2) is 7.16. The molecule has 3 nitrogen and oxygen atoms in total. The molecule has 0 aliphatic carbocycles. The van der Waals surface area contributed by atoms with E-state index in [0.29, 0.717) is 16.5 Å². The Morgan fingerprint density at radius 2 is 2.05 bits per heavy atom. The molecule has 1 heterocycles. The third-order valence-electron chi connectivity index (χ3n) is 3.01. The van der Waals surface area contributed by atoms with Crippen LogP contribution in [0.4, 0.5) is 0 Å². The summed E-state index contributed by atoms with van der Waals surface area (Å²) in [6, 6.07) is 8.28. The smallest absolute Gasteiger partial charge is 0.106 e. The molecule has 2 rings (SSSR count). The Labute approximate surface area is 129 Å². The van der Waals surface area contributed by atoms with Crippen LogP contribution in [-0.2, 0) is 6.54 Å². The van der Waals surface area contributed by atoms with E-state index in [1.165, 1.54) is 5.56 Å². The van der Waals surface area contributed by atoms with Crippen LogP contribution in [0.1, 0.15) is 30.7 Å². The van der Waals surface area contributed by atoms with E-state index in [0.717, 1.165) is 17.9 Å². The second-order valence-electron chi connectivity index (χ2n) is 4.74. The van der Waals surface area contributed by atoms with Crippen LogP contribution in [0.2, 0.25) is 5.02 Å². The van der Waals surface area contributed by atoms with Crippen molar-refractivity contribution in [2.75, 3.05) is 5.75 Å². The summed E-state index contributed by atoms with van der Waals surface area (Å²) in [5, 5.41) is 15.1. The first-order valence-corrected chi connectivity index (χ1v) is 8.07. The fourth-order valence-corrected chi connectivity index (χ4v) is 3.09. The Bertz CT molecular complexity index is 554. The maximum absolute atomic E-state index is 10.3. The van der Waals surface area contributed by atoms with Gasteiger partial charge in [-0.3, -0.25) is 4.68 Å². The van der Waals surface area contributed by atoms with Crippen molar-refractivity contribution < 1.29 is 5.11 Å². The molecule has 0 radical (unpaired) electrons. The van der Waals surface area contributed by atoms with Crippen molar-refractivity contribution in [3.63, 3.8) is 0 Å². The van der Waals surface area contributed by atoms with Crippen molar-refractivity contribution in [3.8, 4) is 0 Å². The number of aromatic nitrogens is 2. The van der Waals surface area contributed by atoms with Gasteiger partial charge in [0.1, 0.15) is 6.10 Å². The highest BCUT2D eigenvalue weighted by Gasteiger charge is 2.18. The SMILES string of the molecule is CCCn1ncc(Cl)c1C(O)CSc1ccc(C)cc1. The van der Waals surface area contributed by atoms with Crippen LogP contribution in [0.5, 0.6) is 0 Å². The molecule has 0 bridgehead atoms. The third-order valence-corrected chi connectivity index (χ3v) is 4.39. The Balaban J connectivity index is 2.02. The first-order valence-electron chi connectivity index (χ1n) is 6.70. The van der Waals surface area contributed by atoms with E-state index < -0.39 is 6.10 Å². The quantitative estimate of drug-likeness (QED) is 0.817. The molecule has 20 heavy (non-hydrogen) atoms. The van der Waals surface area contributed by atoms with E-state index in [4.69, 9.17) is 11.6 Å². The van der Waals surface area contributed by atoms with Crippen LogP contribution in [0.3, 0.4) is 0 Å². The molecule has 0 saturated heterocycles. The summed E-state index contributed by atoms with van der Waals surface area (Å²) in [4.78, 5) is 1.15. The van der Waals surface area contributed by atoms with Crippen LogP contribution in [0, 0.1) is 6.92 Å². The van der Waals surface area contributed by atoms with E-state index in [1.807, 2.05) is 0 Å². The lowest BCUT2D eigenvalue weighted by atomic mass is 10.2. The van der Waals surface area contributed by atoms with Crippen molar-refractivity contribution in [1.29, 1.82) is 0 Å². The summed E-state index contributed by atoms with van der Waals surface area (Å²) in [6.45, 7) is 4.91. The van der Waals surface area contributed by atoms with Gasteiger partial charge in [0.25, 0.3) is 0 Å². The number of hydrogen-bond acceptors (Lipinski definition) is 3. The molecule has 1 atom stereocenters. The largest absolute Gasteiger partial charge is 0.386 e. The number of benzene rings is 1. The highest BCUT2D eigenvalue weighted by Crippen LogP contribution is 2.29. The standard InChI is InChI=1S/C15H19ClN2OS/c1-3-8-18-15(13(16)9-17-18)14(19)10-20-12-6-4-11(2)5-7-12/h4-7,9,14,19H,3,8,10H2,1-2H3. The summed E-state index contributed by atoms with van der Waals surface area (Å²) in [6.07, 6.45) is 1.96. The number of aryl methyl sites for hydroxylation is 2. The number of halogens is 1. The zero-order valence-corrected chi connectivity index (χ0v) is 13.3. The van der Waals surface area contributed by atoms with E-state index in [-0.39, 0.29) is 0 Å². The fourth-order valence-electron chi connectivity index (χ4n) is 1.98. The second-order valence-corrected chi connectivity index (χ2v) is 6.24. The predicted molar refractivity (Wildman–Crippen MR) is 84.4 cm³/mol. The minimum atomic E-state index is -0.608. The average molecular weight is 311 g/mol. The maximum atomic E-state index is 10.3. The summed E-state index contributed by atoms with van der Waals surface area (Å²) in [7, 11) is 0. The van der Waals surface area contributed by atoms with Crippen LogP contribution < -0.4 is 0 Å². The first-order chi connectivity index (χ1) is 9.61. The predicted octanol–water partition coefficient (Wildman–Crippen LogP) is 4.08. The number of nitrogens with zero attached hydrogens (tertiary/aromatic N) is 2. The molecule has 0 saturated carbocycles. The highest BCUT2D eigenvalue weighted by atomic mass is 35.5. The van der Waals surface area contributed by atoms with Crippen LogP contribution in [0.15, 0.2) is 35.4 Å². The summed E-state index contributed by atoms with van der Waals surface area (Å²) in [5.41, 5.74) is 1.95. The molecule has 0 aliphatic heterocycles. The molecule has 108 valence electrons. The van der Waals surface area contributed by atoms with E-state index in [1.54, 1.807) is 22.6 Å². The van der Waals surface area contributed by atoms with E-state index in [9.17, 15) is 5.11 Å². The summed E-state index contributed by atoms with van der Waals surface area (Å²) < 4.78 is 1.79. The summed E-state index contributed by atoms with van der Waals surface area (Å²) in [5.74, 6) is 0.568. The first kappa shape index (κ1) is 15.4. The van der Waals surface area contributed by atoms with Crippen molar-refractivity contribution in [1.82, 2.24) is 9.78 Å².